The van der Waals surface area contributed by atoms with Crippen LogP contribution in [0.3, 0.4) is 0 Å². The van der Waals surface area contributed by atoms with Crippen molar-refractivity contribution in [3.05, 3.63) is 71.4 Å². The number of piperidine rings is 1. The third kappa shape index (κ3) is 5.38. The van der Waals surface area contributed by atoms with Crippen LogP contribution in [-0.2, 0) is 21.2 Å². The van der Waals surface area contributed by atoms with Crippen molar-refractivity contribution in [3.8, 4) is 16.9 Å². The number of hydrogen-bond donors (Lipinski definition) is 1. The van der Waals surface area contributed by atoms with Gasteiger partial charge in [-0.05, 0) is 37.1 Å². The molecule has 32 heavy (non-hydrogen) atoms. The van der Waals surface area contributed by atoms with E-state index in [1.807, 2.05) is 48.7 Å². The van der Waals surface area contributed by atoms with Crippen LogP contribution >= 0.6 is 11.6 Å². The molecule has 1 unspecified atom stereocenters. The number of nitrogens with one attached hydrogen (secondary N) is 1. The number of aromatic nitrogens is 2. The lowest BCUT2D eigenvalue weighted by Gasteiger charge is -2.31. The minimum Gasteiger partial charge on any atom is -0.352 e. The van der Waals surface area contributed by atoms with Gasteiger partial charge in [-0.25, -0.2) is 17.4 Å². The fourth-order valence-electron chi connectivity index (χ4n) is 3.92. The lowest BCUT2D eigenvalue weighted by Crippen LogP contribution is -2.49. The van der Waals surface area contributed by atoms with E-state index in [0.29, 0.717) is 23.8 Å². The molecule has 1 saturated heterocycles. The Bertz CT molecular complexity index is 1190. The highest BCUT2D eigenvalue weighted by Gasteiger charge is 2.27. The average Bonchev–Trinajstić information content (AvgIpc) is 3.18. The Labute approximate surface area is 193 Å². The fraction of sp³-hybridized carbons (Fsp3) is 0.304. The Hall–Kier alpha value is -2.68. The third-order valence-corrected chi connectivity index (χ3v) is 7.02. The van der Waals surface area contributed by atoms with Crippen molar-refractivity contribution in [1.82, 2.24) is 19.4 Å². The second-order valence-electron chi connectivity index (χ2n) is 7.99. The molecule has 0 bridgehead atoms. The summed E-state index contributed by atoms with van der Waals surface area (Å²) in [6, 6.07) is 16.9. The molecule has 7 nitrogen and oxygen atoms in total. The molecule has 0 spiro atoms. The molecule has 4 rings (SSSR count). The number of rotatable bonds is 6. The van der Waals surface area contributed by atoms with E-state index in [0.717, 1.165) is 29.7 Å². The first-order valence-corrected chi connectivity index (χ1v) is 12.7. The maximum atomic E-state index is 12.9. The molecule has 1 atom stereocenters. The van der Waals surface area contributed by atoms with E-state index in [9.17, 15) is 13.2 Å². The van der Waals surface area contributed by atoms with Gasteiger partial charge in [0.15, 0.2) is 0 Å². The molecule has 168 valence electrons. The monoisotopic (exact) mass is 472 g/mol. The van der Waals surface area contributed by atoms with Gasteiger partial charge in [0.1, 0.15) is 0 Å². The van der Waals surface area contributed by atoms with Crippen molar-refractivity contribution in [3.63, 3.8) is 0 Å². The van der Waals surface area contributed by atoms with E-state index in [1.54, 1.807) is 16.8 Å². The van der Waals surface area contributed by atoms with E-state index >= 15 is 0 Å². The van der Waals surface area contributed by atoms with Crippen LogP contribution in [-0.4, -0.2) is 53.8 Å². The van der Waals surface area contributed by atoms with Crippen molar-refractivity contribution in [2.75, 3.05) is 19.3 Å². The summed E-state index contributed by atoms with van der Waals surface area (Å²) < 4.78 is 26.9. The van der Waals surface area contributed by atoms with Crippen LogP contribution in [0.4, 0.5) is 0 Å². The topological polar surface area (TPSA) is 84.3 Å². The predicted octanol–water partition coefficient (Wildman–Crippen LogP) is 3.28. The summed E-state index contributed by atoms with van der Waals surface area (Å²) in [5, 5.41) is 8.36. The SMILES string of the molecule is CS(=O)(=O)N1CCCC(NC(=O)Cc2cn(-c3ccccc3)nc2-c2ccc(Cl)cc2)C1. The molecule has 0 radical (unpaired) electrons. The predicted molar refractivity (Wildman–Crippen MR) is 125 cm³/mol. The van der Waals surface area contributed by atoms with Gasteiger partial charge < -0.3 is 5.32 Å². The van der Waals surface area contributed by atoms with E-state index in [4.69, 9.17) is 16.7 Å². The second-order valence-corrected chi connectivity index (χ2v) is 10.4. The number of benzene rings is 2. The van der Waals surface area contributed by atoms with Gasteiger partial charge in [0.05, 0.1) is 24.1 Å². The molecule has 9 heteroatoms. The molecule has 1 aliphatic rings. The summed E-state index contributed by atoms with van der Waals surface area (Å²) in [5.41, 5.74) is 3.25. The Balaban J connectivity index is 1.56. The highest BCUT2D eigenvalue weighted by atomic mass is 35.5. The van der Waals surface area contributed by atoms with Crippen molar-refractivity contribution in [2.24, 2.45) is 0 Å². The largest absolute Gasteiger partial charge is 0.352 e. The molecule has 1 aromatic heterocycles. The number of nitrogens with zero attached hydrogens (tertiary/aromatic N) is 3. The number of sulfonamides is 1. The maximum Gasteiger partial charge on any atom is 0.224 e. The molecule has 2 aromatic carbocycles. The number of para-hydroxylation sites is 1. The molecule has 3 aromatic rings. The summed E-state index contributed by atoms with van der Waals surface area (Å²) in [5.74, 6) is -0.159. The molecule has 0 aliphatic carbocycles. The molecule has 0 saturated carbocycles. The minimum absolute atomic E-state index is 0.139. The van der Waals surface area contributed by atoms with Gasteiger partial charge in [0, 0.05) is 41.5 Å². The lowest BCUT2D eigenvalue weighted by atomic mass is 10.0. The molecule has 1 amide bonds. The van der Waals surface area contributed by atoms with Crippen LogP contribution in [0.2, 0.25) is 5.02 Å². The van der Waals surface area contributed by atoms with Crippen LogP contribution < -0.4 is 5.32 Å². The van der Waals surface area contributed by atoms with Gasteiger partial charge in [-0.2, -0.15) is 5.10 Å². The number of amides is 1. The van der Waals surface area contributed by atoms with E-state index in [1.165, 1.54) is 10.6 Å². The van der Waals surface area contributed by atoms with E-state index < -0.39 is 10.0 Å². The number of carbonyl (C=O) groups is 1. The number of carbonyl (C=O) groups excluding carboxylic acids is 1. The van der Waals surface area contributed by atoms with Crippen molar-refractivity contribution < 1.29 is 13.2 Å². The van der Waals surface area contributed by atoms with Gasteiger partial charge in [-0.15, -0.1) is 0 Å². The molecular formula is C23H25ClN4O3S. The number of hydrogen-bond acceptors (Lipinski definition) is 4. The average molecular weight is 473 g/mol. The Kier molecular flexibility index (Phi) is 6.64. The van der Waals surface area contributed by atoms with Crippen molar-refractivity contribution >= 4 is 27.5 Å². The Morgan fingerprint density at radius 3 is 2.56 bits per heavy atom. The van der Waals surface area contributed by atoms with Gasteiger partial charge in [-0.3, -0.25) is 4.79 Å². The zero-order valence-electron chi connectivity index (χ0n) is 17.7. The fourth-order valence-corrected chi connectivity index (χ4v) is 4.95. The summed E-state index contributed by atoms with van der Waals surface area (Å²) >= 11 is 6.04. The van der Waals surface area contributed by atoms with Crippen LogP contribution in [0.1, 0.15) is 18.4 Å². The van der Waals surface area contributed by atoms with Crippen LogP contribution in [0.15, 0.2) is 60.8 Å². The Morgan fingerprint density at radius 2 is 1.88 bits per heavy atom. The molecule has 2 heterocycles. The van der Waals surface area contributed by atoms with Crippen molar-refractivity contribution in [1.29, 1.82) is 0 Å². The first kappa shape index (κ1) is 22.5. The Morgan fingerprint density at radius 1 is 1.16 bits per heavy atom. The summed E-state index contributed by atoms with van der Waals surface area (Å²) in [7, 11) is -3.27. The zero-order chi connectivity index (χ0) is 22.7. The molecule has 1 aliphatic heterocycles. The normalized spacial score (nSPS) is 17.2. The summed E-state index contributed by atoms with van der Waals surface area (Å²) in [6.45, 7) is 0.799. The minimum atomic E-state index is -3.27. The first-order chi connectivity index (χ1) is 15.3. The van der Waals surface area contributed by atoms with Crippen molar-refractivity contribution in [2.45, 2.75) is 25.3 Å². The summed E-state index contributed by atoms with van der Waals surface area (Å²) in [6.07, 6.45) is 4.68. The maximum absolute atomic E-state index is 12.9. The molecular weight excluding hydrogens is 448 g/mol. The number of halogens is 1. The molecule has 1 N–H and O–H groups in total. The lowest BCUT2D eigenvalue weighted by molar-refractivity contribution is -0.121. The van der Waals surface area contributed by atoms with Gasteiger partial charge in [0.2, 0.25) is 15.9 Å². The zero-order valence-corrected chi connectivity index (χ0v) is 19.3. The smallest absolute Gasteiger partial charge is 0.224 e. The quantitative estimate of drug-likeness (QED) is 0.596. The van der Waals surface area contributed by atoms with E-state index in [2.05, 4.69) is 5.32 Å². The van der Waals surface area contributed by atoms with Crippen LogP contribution in [0.5, 0.6) is 0 Å². The van der Waals surface area contributed by atoms with Crippen LogP contribution in [0, 0.1) is 0 Å². The first-order valence-electron chi connectivity index (χ1n) is 10.4. The second kappa shape index (κ2) is 9.44. The highest BCUT2D eigenvalue weighted by Crippen LogP contribution is 2.26. The summed E-state index contributed by atoms with van der Waals surface area (Å²) in [4.78, 5) is 12.9. The van der Waals surface area contributed by atoms with Gasteiger partial charge in [0.25, 0.3) is 0 Å². The van der Waals surface area contributed by atoms with Gasteiger partial charge >= 0.3 is 0 Å². The standard InChI is InChI=1S/C23H25ClN4O3S/c1-32(30,31)27-13-5-6-20(16-27)25-22(29)14-18-15-28(21-7-3-2-4-8-21)26-23(18)17-9-11-19(24)12-10-17/h2-4,7-12,15,20H,5-6,13-14,16H2,1H3,(H,25,29). The van der Waals surface area contributed by atoms with E-state index in [-0.39, 0.29) is 18.4 Å². The molecule has 1 fully saturated rings. The van der Waals surface area contributed by atoms with Gasteiger partial charge in [-0.1, -0.05) is 41.9 Å². The van der Waals surface area contributed by atoms with Crippen LogP contribution in [0.25, 0.3) is 16.9 Å². The third-order valence-electron chi connectivity index (χ3n) is 5.50. The highest BCUT2D eigenvalue weighted by molar-refractivity contribution is 7.88.